The van der Waals surface area contributed by atoms with Gasteiger partial charge in [0, 0.05) is 136 Å². The molecule has 7 heteroatoms. The van der Waals surface area contributed by atoms with Crippen molar-refractivity contribution in [2.45, 2.75) is 198 Å². The van der Waals surface area contributed by atoms with E-state index in [4.69, 9.17) is 0 Å². The number of rotatable bonds is 10. The van der Waals surface area contributed by atoms with E-state index in [1.807, 2.05) is 0 Å². The maximum Gasteiger partial charge on any atom is 0.0641 e. The molecule has 0 aliphatic carbocycles. The monoisotopic (exact) mass is 1720 g/mol. The Labute approximate surface area is 776 Å². The summed E-state index contributed by atoms with van der Waals surface area (Å²) in [5, 5.41) is 25.9. The summed E-state index contributed by atoms with van der Waals surface area (Å²) in [6.45, 7) is 52.1. The maximum absolute atomic E-state index is 2.66. The smallest absolute Gasteiger partial charge is 0.0641 e. The van der Waals surface area contributed by atoms with Crippen LogP contribution >= 0.6 is 0 Å². The van der Waals surface area contributed by atoms with E-state index in [1.165, 1.54) is 263 Å². The normalized spacial score (nSPS) is 13.5. The van der Waals surface area contributed by atoms with Gasteiger partial charge < -0.3 is 31.8 Å². The lowest BCUT2D eigenvalue weighted by atomic mass is 9.78. The number of nitrogens with zero attached hydrogens (tertiary/aromatic N) is 7. The fraction of sp³-hybridized carbons (Fsp3) is 0.238. The van der Waals surface area contributed by atoms with Gasteiger partial charge in [-0.05, 0) is 323 Å². The van der Waals surface area contributed by atoms with E-state index < -0.39 is 0 Å². The van der Waals surface area contributed by atoms with Crippen LogP contribution in [-0.2, 0) is 38.9 Å². The molecule has 0 unspecified atom stereocenters. The summed E-state index contributed by atoms with van der Waals surface area (Å²) in [6, 6.07) is 104. The Morgan fingerprint density at radius 3 is 0.955 bits per heavy atom. The van der Waals surface area contributed by atoms with Crippen molar-refractivity contribution in [3.63, 3.8) is 0 Å². The molecule has 133 heavy (non-hydrogen) atoms. The molecule has 10 aromatic heterocycles. The standard InChI is InChI=1S/C126H113N7/c1-68-48-82(49-69(2)72(68)5)127(80-38-40-86-96-54-75(123(12,13)14)57-100-94-64-111-92(66-113(94)132(116(96)100)109(86)62-80)101-58-76(124(15,16)17)55-98-90-52-73(121(6,7)8)36-43-106(90)130(111)118(98)101)83-50-70(3)84(71(4)51-83)46-47-126(21,22)78-60-97-87-41-39-81(128(79-30-24-23-25-31-79)108-45-42-88-85-32-26-28-34-104(85)129-105-35-29-27-33-89(105)115(108)120(88)129)63-110(87)133-114-67-93-102-59-77(125(18,19)20)56-99-91-53-74(122(9,10)11)37-44-107(91)131(119(99)102)112(93)65-95(114)103(61-78)117(97)133/h23-45,48-67H,46-47H2,1-22H3. The predicted molar refractivity (Wildman–Crippen MR) is 574 cm³/mol. The van der Waals surface area contributed by atoms with Gasteiger partial charge in [-0.25, -0.2) is 0 Å². The van der Waals surface area contributed by atoms with Gasteiger partial charge in [0.25, 0.3) is 0 Å². The first kappa shape index (κ1) is 80.0. The molecule has 0 radical (unpaired) electrons. The number of hydrogen-bond donors (Lipinski definition) is 0. The second-order valence-corrected chi connectivity index (χ2v) is 45.8. The third-order valence-electron chi connectivity index (χ3n) is 32.0. The number of anilines is 6. The average molecular weight is 1730 g/mol. The van der Waals surface area contributed by atoms with Crippen LogP contribution in [0.1, 0.15) is 191 Å². The van der Waals surface area contributed by atoms with Crippen LogP contribution < -0.4 is 9.80 Å². The Kier molecular flexibility index (Phi) is 16.0. The molecular weight excluding hydrogens is 1610 g/mol. The summed E-state index contributed by atoms with van der Waals surface area (Å²) in [6.07, 6.45) is 1.85. The minimum Gasteiger partial charge on any atom is -0.310 e. The zero-order valence-electron chi connectivity index (χ0n) is 80.9. The zero-order valence-corrected chi connectivity index (χ0v) is 80.9. The number of aromatic nitrogens is 5. The van der Waals surface area contributed by atoms with Gasteiger partial charge >= 0.3 is 0 Å². The molecule has 652 valence electrons. The fourth-order valence-corrected chi connectivity index (χ4v) is 24.3. The molecule has 0 aliphatic heterocycles. The van der Waals surface area contributed by atoms with Crippen LogP contribution in [0.15, 0.2) is 261 Å². The SMILES string of the molecule is Cc1cc(N(c2cc(C)c(CCC(C)(C)c3cc4c5ccc(N(c6ccccc6)c6ccc7c8ccccc8n8c9ccccc9c6c78)cc5n5c6cc7c8cc(C(C)(C)C)cc9c%10cc(C(C)(C)C)ccc%10n(c7cc6c(c3)c45)c98)c(C)c2)c2ccc3c4cc(C(C)(C)C)cc5c6cc7c(cc6n(c3c2)c45)c2cc(C(C)(C)C)cc3c4cc(C(C)(C)C)ccc4n7c32)cc(C)c1C. The average Bonchev–Trinajstić information content (AvgIpc) is 1.51. The molecule has 0 N–H and O–H groups in total. The highest BCUT2D eigenvalue weighted by atomic mass is 15.2. The van der Waals surface area contributed by atoms with Crippen LogP contribution in [-0.4, -0.2) is 22.0 Å². The van der Waals surface area contributed by atoms with Gasteiger partial charge in [0.2, 0.25) is 0 Å². The summed E-state index contributed by atoms with van der Waals surface area (Å²) >= 11 is 0. The summed E-state index contributed by atoms with van der Waals surface area (Å²) in [4.78, 5) is 5.11. The van der Waals surface area contributed by atoms with Gasteiger partial charge in [-0.2, -0.15) is 0 Å². The number of hydrogen-bond acceptors (Lipinski definition) is 2. The van der Waals surface area contributed by atoms with Crippen LogP contribution in [0.5, 0.6) is 0 Å². The van der Waals surface area contributed by atoms with E-state index in [1.54, 1.807) is 0 Å². The first-order valence-electron chi connectivity index (χ1n) is 48.3. The van der Waals surface area contributed by atoms with Gasteiger partial charge in [-0.3, -0.25) is 0 Å². The third kappa shape index (κ3) is 11.1. The molecule has 0 fully saturated rings. The topological polar surface area (TPSA) is 28.5 Å². The predicted octanol–water partition coefficient (Wildman–Crippen LogP) is 35.3. The van der Waals surface area contributed by atoms with Crippen molar-refractivity contribution in [2.75, 3.05) is 9.80 Å². The molecule has 0 atom stereocenters. The van der Waals surface area contributed by atoms with Crippen LogP contribution in [0, 0.1) is 34.6 Å². The lowest BCUT2D eigenvalue weighted by Gasteiger charge is -2.29. The van der Waals surface area contributed by atoms with Gasteiger partial charge in [0.05, 0.1) is 88.4 Å². The molecule has 0 saturated carbocycles. The largest absolute Gasteiger partial charge is 0.310 e. The van der Waals surface area contributed by atoms with Crippen LogP contribution in [0.25, 0.3) is 190 Å². The highest BCUT2D eigenvalue weighted by molar-refractivity contribution is 6.33. The van der Waals surface area contributed by atoms with E-state index in [0.717, 1.165) is 41.3 Å². The molecule has 0 saturated heterocycles. The van der Waals surface area contributed by atoms with E-state index in [9.17, 15) is 0 Å². The minimum atomic E-state index is -0.265. The van der Waals surface area contributed by atoms with Crippen LogP contribution in [0.2, 0.25) is 0 Å². The maximum atomic E-state index is 2.66. The Hall–Kier alpha value is -13.9. The van der Waals surface area contributed by atoms with Gasteiger partial charge in [-0.1, -0.05) is 203 Å². The van der Waals surface area contributed by atoms with Crippen molar-refractivity contribution in [2.24, 2.45) is 0 Å². The van der Waals surface area contributed by atoms with Crippen molar-refractivity contribution >= 4 is 225 Å². The summed E-state index contributed by atoms with van der Waals surface area (Å²) in [7, 11) is 0. The number of aryl methyl sites for hydroxylation is 4. The zero-order chi connectivity index (χ0) is 91.5. The van der Waals surface area contributed by atoms with E-state index >= 15 is 0 Å². The van der Waals surface area contributed by atoms with E-state index in [-0.39, 0.29) is 32.5 Å². The highest BCUT2D eigenvalue weighted by Crippen LogP contribution is 2.55. The second kappa shape index (κ2) is 26.5. The van der Waals surface area contributed by atoms with E-state index in [0.29, 0.717) is 0 Å². The first-order valence-corrected chi connectivity index (χ1v) is 48.3. The number of para-hydroxylation sites is 3. The fourth-order valence-electron chi connectivity index (χ4n) is 24.3. The number of benzene rings is 16. The quantitative estimate of drug-likeness (QED) is 0.137. The van der Waals surface area contributed by atoms with E-state index in [2.05, 4.69) is 445 Å². The summed E-state index contributed by atoms with van der Waals surface area (Å²) in [5.74, 6) is 0. The Bertz CT molecular complexity index is 9510. The molecule has 7 nitrogen and oxygen atoms in total. The minimum absolute atomic E-state index is 0.0110. The Morgan fingerprint density at radius 2 is 0.526 bits per heavy atom. The lowest BCUT2D eigenvalue weighted by molar-refractivity contribution is 0.480. The highest BCUT2D eigenvalue weighted by Gasteiger charge is 2.35. The van der Waals surface area contributed by atoms with Crippen molar-refractivity contribution < 1.29 is 0 Å². The molecule has 10 heterocycles. The van der Waals surface area contributed by atoms with Crippen molar-refractivity contribution in [1.29, 1.82) is 0 Å². The molecule has 26 rings (SSSR count). The second-order valence-electron chi connectivity index (χ2n) is 45.8. The van der Waals surface area contributed by atoms with Crippen molar-refractivity contribution in [3.05, 3.63) is 328 Å². The van der Waals surface area contributed by atoms with Gasteiger partial charge in [-0.15, -0.1) is 0 Å². The van der Waals surface area contributed by atoms with Crippen LogP contribution in [0.4, 0.5) is 34.1 Å². The molecule has 0 amide bonds. The van der Waals surface area contributed by atoms with Crippen molar-refractivity contribution in [3.8, 4) is 0 Å². The Morgan fingerprint density at radius 1 is 0.211 bits per heavy atom. The van der Waals surface area contributed by atoms with Gasteiger partial charge in [0.15, 0.2) is 0 Å². The molecule has 26 aromatic rings. The van der Waals surface area contributed by atoms with Gasteiger partial charge in [0.1, 0.15) is 0 Å². The molecule has 0 spiro atoms. The van der Waals surface area contributed by atoms with Crippen molar-refractivity contribution in [1.82, 2.24) is 22.0 Å². The molecule has 0 bridgehead atoms. The summed E-state index contributed by atoms with van der Waals surface area (Å²) in [5.41, 5.74) is 41.2. The summed E-state index contributed by atoms with van der Waals surface area (Å²) < 4.78 is 13.1. The molecular formula is C126H113N7. The molecule has 0 aliphatic rings. The lowest BCUT2D eigenvalue weighted by Crippen LogP contribution is -2.19. The molecule has 16 aromatic carbocycles. The Balaban J connectivity index is 0.636. The first-order chi connectivity index (χ1) is 63.4. The number of fused-ring (bicyclic) bond motifs is 30. The third-order valence-corrected chi connectivity index (χ3v) is 32.0. The van der Waals surface area contributed by atoms with Crippen LogP contribution in [0.3, 0.4) is 0 Å².